The third kappa shape index (κ3) is 3.27. The standard InChI is InChI=1S/C15H22F2N2O4/c16-15(17)4-6-18(7-5-15)13(22)19-9-11(8-12(20)21)23-10-14(19)2-1-3-14/h11H,1-10H2,(H,20,21). The molecule has 2 amide bonds. The number of halogens is 2. The number of nitrogens with zero attached hydrogens (tertiary/aromatic N) is 2. The highest BCUT2D eigenvalue weighted by molar-refractivity contribution is 5.76. The fourth-order valence-corrected chi connectivity index (χ4v) is 3.60. The largest absolute Gasteiger partial charge is 0.481 e. The molecule has 1 saturated carbocycles. The van der Waals surface area contributed by atoms with Crippen LogP contribution in [0.4, 0.5) is 13.6 Å². The van der Waals surface area contributed by atoms with Crippen LogP contribution in [0.2, 0.25) is 0 Å². The van der Waals surface area contributed by atoms with Gasteiger partial charge in [0.2, 0.25) is 0 Å². The first-order valence-electron chi connectivity index (χ1n) is 8.09. The Labute approximate surface area is 133 Å². The number of carboxylic acid groups (broad SMARTS) is 1. The van der Waals surface area contributed by atoms with Crippen LogP contribution in [0.3, 0.4) is 0 Å². The minimum absolute atomic E-state index is 0.0445. The number of piperidine rings is 1. The van der Waals surface area contributed by atoms with Gasteiger partial charge in [-0.05, 0) is 19.3 Å². The average molecular weight is 332 g/mol. The van der Waals surface area contributed by atoms with Gasteiger partial charge >= 0.3 is 12.0 Å². The van der Waals surface area contributed by atoms with E-state index in [4.69, 9.17) is 9.84 Å². The zero-order valence-electron chi connectivity index (χ0n) is 13.0. The molecule has 2 saturated heterocycles. The van der Waals surface area contributed by atoms with Gasteiger partial charge in [-0.25, -0.2) is 13.6 Å². The van der Waals surface area contributed by atoms with Crippen molar-refractivity contribution < 1.29 is 28.2 Å². The molecule has 3 fully saturated rings. The molecule has 3 rings (SSSR count). The lowest BCUT2D eigenvalue weighted by molar-refractivity contribution is -0.153. The van der Waals surface area contributed by atoms with Crippen LogP contribution >= 0.6 is 0 Å². The van der Waals surface area contributed by atoms with Crippen LogP contribution in [0.15, 0.2) is 0 Å². The first-order valence-corrected chi connectivity index (χ1v) is 8.09. The Bertz CT molecular complexity index is 486. The lowest BCUT2D eigenvalue weighted by atomic mass is 9.75. The Morgan fingerprint density at radius 1 is 1.17 bits per heavy atom. The van der Waals surface area contributed by atoms with Gasteiger partial charge in [-0.3, -0.25) is 4.79 Å². The minimum Gasteiger partial charge on any atom is -0.481 e. The molecular formula is C15H22F2N2O4. The number of hydrogen-bond acceptors (Lipinski definition) is 3. The van der Waals surface area contributed by atoms with E-state index in [9.17, 15) is 18.4 Å². The first-order chi connectivity index (χ1) is 10.8. The molecule has 1 unspecified atom stereocenters. The lowest BCUT2D eigenvalue weighted by Crippen LogP contribution is -2.67. The van der Waals surface area contributed by atoms with Gasteiger partial charge in [0.25, 0.3) is 5.92 Å². The molecule has 8 heteroatoms. The zero-order valence-corrected chi connectivity index (χ0v) is 13.0. The molecule has 1 aliphatic carbocycles. The van der Waals surface area contributed by atoms with Gasteiger partial charge in [0, 0.05) is 32.5 Å². The molecule has 1 atom stereocenters. The van der Waals surface area contributed by atoms with Crippen LogP contribution in [0.25, 0.3) is 0 Å². The van der Waals surface area contributed by atoms with E-state index in [-0.39, 0.29) is 50.5 Å². The maximum absolute atomic E-state index is 13.3. The Balaban J connectivity index is 1.69. The number of aliphatic carboxylic acids is 1. The summed E-state index contributed by atoms with van der Waals surface area (Å²) in [5, 5.41) is 8.92. The van der Waals surface area contributed by atoms with Crippen molar-refractivity contribution in [2.45, 2.75) is 56.1 Å². The van der Waals surface area contributed by atoms with Gasteiger partial charge in [0.15, 0.2) is 0 Å². The quantitative estimate of drug-likeness (QED) is 0.839. The van der Waals surface area contributed by atoms with E-state index in [1.165, 1.54) is 4.90 Å². The number of hydrogen-bond donors (Lipinski definition) is 1. The highest BCUT2D eigenvalue weighted by Gasteiger charge is 2.51. The van der Waals surface area contributed by atoms with Crippen molar-refractivity contribution in [3.8, 4) is 0 Å². The SMILES string of the molecule is O=C(O)CC1CN(C(=O)N2CCC(F)(F)CC2)C2(CCC2)CO1. The molecule has 130 valence electrons. The van der Waals surface area contributed by atoms with Crippen molar-refractivity contribution in [1.82, 2.24) is 9.80 Å². The number of likely N-dealkylation sites (tertiary alicyclic amines) is 1. The molecule has 23 heavy (non-hydrogen) atoms. The van der Waals surface area contributed by atoms with Crippen LogP contribution < -0.4 is 0 Å². The van der Waals surface area contributed by atoms with E-state index in [2.05, 4.69) is 0 Å². The van der Waals surface area contributed by atoms with E-state index in [0.29, 0.717) is 6.61 Å². The van der Waals surface area contributed by atoms with Crippen LogP contribution in [-0.2, 0) is 9.53 Å². The molecule has 0 bridgehead atoms. The maximum atomic E-state index is 13.3. The molecule has 1 N–H and O–H groups in total. The van der Waals surface area contributed by atoms with Crippen molar-refractivity contribution in [2.24, 2.45) is 0 Å². The summed E-state index contributed by atoms with van der Waals surface area (Å²) in [6.07, 6.45) is 1.33. The van der Waals surface area contributed by atoms with E-state index in [1.807, 2.05) is 0 Å². The summed E-state index contributed by atoms with van der Waals surface area (Å²) >= 11 is 0. The van der Waals surface area contributed by atoms with E-state index >= 15 is 0 Å². The maximum Gasteiger partial charge on any atom is 0.320 e. The second kappa shape index (κ2) is 5.89. The molecule has 3 aliphatic rings. The number of amides is 2. The van der Waals surface area contributed by atoms with Crippen molar-refractivity contribution in [1.29, 1.82) is 0 Å². The summed E-state index contributed by atoms with van der Waals surface area (Å²) in [7, 11) is 0. The highest BCUT2D eigenvalue weighted by Crippen LogP contribution is 2.42. The monoisotopic (exact) mass is 332 g/mol. The van der Waals surface area contributed by atoms with Crippen LogP contribution in [0.1, 0.15) is 38.5 Å². The Hall–Kier alpha value is -1.44. The number of alkyl halides is 2. The average Bonchev–Trinajstić information content (AvgIpc) is 2.44. The number of carbonyl (C=O) groups excluding carboxylic acids is 1. The predicted molar refractivity (Wildman–Crippen MR) is 76.4 cm³/mol. The topological polar surface area (TPSA) is 70.1 Å². The van der Waals surface area contributed by atoms with Crippen molar-refractivity contribution in [3.05, 3.63) is 0 Å². The molecule has 2 heterocycles. The minimum atomic E-state index is -2.69. The number of rotatable bonds is 2. The third-order valence-corrected chi connectivity index (χ3v) is 5.23. The molecule has 1 spiro atoms. The summed E-state index contributed by atoms with van der Waals surface area (Å²) in [5.74, 6) is -3.66. The van der Waals surface area contributed by atoms with Gasteiger partial charge in [-0.1, -0.05) is 0 Å². The molecule has 2 aliphatic heterocycles. The molecule has 0 radical (unpaired) electrons. The summed E-state index contributed by atoms with van der Waals surface area (Å²) in [5.41, 5.74) is -0.369. The van der Waals surface area contributed by atoms with Crippen LogP contribution in [-0.4, -0.2) is 70.7 Å². The smallest absolute Gasteiger partial charge is 0.320 e. The van der Waals surface area contributed by atoms with Crippen LogP contribution in [0.5, 0.6) is 0 Å². The number of morpholine rings is 1. The number of ether oxygens (including phenoxy) is 1. The third-order valence-electron chi connectivity index (χ3n) is 5.23. The molecule has 0 aromatic heterocycles. The van der Waals surface area contributed by atoms with Crippen molar-refractivity contribution >= 4 is 12.0 Å². The zero-order chi connectivity index (χ0) is 16.7. The van der Waals surface area contributed by atoms with Gasteiger partial charge in [0.1, 0.15) is 0 Å². The van der Waals surface area contributed by atoms with Gasteiger partial charge in [0.05, 0.1) is 24.7 Å². The lowest BCUT2D eigenvalue weighted by Gasteiger charge is -2.55. The van der Waals surface area contributed by atoms with Crippen molar-refractivity contribution in [3.63, 3.8) is 0 Å². The van der Waals surface area contributed by atoms with E-state index < -0.39 is 18.0 Å². The summed E-state index contributed by atoms with van der Waals surface area (Å²) < 4.78 is 32.2. The number of urea groups is 1. The second-order valence-electron chi connectivity index (χ2n) is 6.84. The first kappa shape index (κ1) is 16.4. The Kier molecular flexibility index (Phi) is 4.20. The summed E-state index contributed by atoms with van der Waals surface area (Å²) in [4.78, 5) is 26.9. The van der Waals surface area contributed by atoms with Gasteiger partial charge < -0.3 is 19.6 Å². The predicted octanol–water partition coefficient (Wildman–Crippen LogP) is 1.94. The van der Waals surface area contributed by atoms with E-state index in [1.54, 1.807) is 4.90 Å². The molecule has 0 aromatic rings. The van der Waals surface area contributed by atoms with E-state index in [0.717, 1.165) is 19.3 Å². The number of carboxylic acids is 1. The normalized spacial score (nSPS) is 29.2. The van der Waals surface area contributed by atoms with Crippen LogP contribution in [0, 0.1) is 0 Å². The number of carbonyl (C=O) groups is 2. The Morgan fingerprint density at radius 2 is 1.83 bits per heavy atom. The summed E-state index contributed by atoms with van der Waals surface area (Å²) in [6.45, 7) is 0.643. The fourth-order valence-electron chi connectivity index (χ4n) is 3.60. The van der Waals surface area contributed by atoms with Crippen molar-refractivity contribution in [2.75, 3.05) is 26.2 Å². The second-order valence-corrected chi connectivity index (χ2v) is 6.84. The molecule has 6 nitrogen and oxygen atoms in total. The molecule has 0 aromatic carbocycles. The van der Waals surface area contributed by atoms with Gasteiger partial charge in [-0.15, -0.1) is 0 Å². The fraction of sp³-hybridized carbons (Fsp3) is 0.867. The molecular weight excluding hydrogens is 310 g/mol. The van der Waals surface area contributed by atoms with Gasteiger partial charge in [-0.2, -0.15) is 0 Å². The highest BCUT2D eigenvalue weighted by atomic mass is 19.3. The summed E-state index contributed by atoms with van der Waals surface area (Å²) in [6, 6.07) is -0.251. The Morgan fingerprint density at radius 3 is 2.35 bits per heavy atom.